The average Bonchev–Trinajstić information content (AvgIpc) is 3.18. The predicted octanol–water partition coefficient (Wildman–Crippen LogP) is 3.47. The predicted molar refractivity (Wildman–Crippen MR) is 99.2 cm³/mol. The van der Waals surface area contributed by atoms with Crippen LogP contribution in [0.1, 0.15) is 29.1 Å². The molecule has 1 saturated heterocycles. The molecule has 0 unspecified atom stereocenters. The van der Waals surface area contributed by atoms with Crippen LogP contribution < -0.4 is 0 Å². The number of ether oxygens (including phenoxy) is 1. The van der Waals surface area contributed by atoms with Crippen molar-refractivity contribution in [2.24, 2.45) is 0 Å². The van der Waals surface area contributed by atoms with Crippen molar-refractivity contribution in [2.45, 2.75) is 19.1 Å². The number of imidazole rings is 1. The molecular formula is C21H21N3O2. The van der Waals surface area contributed by atoms with Gasteiger partial charge in [-0.3, -0.25) is 9.36 Å². The molecule has 1 amide bonds. The monoisotopic (exact) mass is 347 g/mol. The first kappa shape index (κ1) is 16.5. The van der Waals surface area contributed by atoms with Gasteiger partial charge in [0.25, 0.3) is 5.91 Å². The maximum Gasteiger partial charge on any atom is 0.272 e. The van der Waals surface area contributed by atoms with Gasteiger partial charge in [-0.15, -0.1) is 0 Å². The fourth-order valence-electron chi connectivity index (χ4n) is 3.38. The molecule has 1 aliphatic rings. The maximum atomic E-state index is 13.2. The Morgan fingerprint density at radius 1 is 1.04 bits per heavy atom. The molecule has 1 aromatic heterocycles. The van der Waals surface area contributed by atoms with Crippen LogP contribution in [-0.4, -0.2) is 39.6 Å². The van der Waals surface area contributed by atoms with Gasteiger partial charge in [0.1, 0.15) is 11.8 Å². The highest BCUT2D eigenvalue weighted by molar-refractivity contribution is 5.93. The molecule has 3 aromatic rings. The van der Waals surface area contributed by atoms with Crippen LogP contribution in [0, 0.1) is 0 Å². The summed E-state index contributed by atoms with van der Waals surface area (Å²) in [5.74, 6) is -0.0255. The number of rotatable bonds is 3. The Bertz CT molecular complexity index is 877. The molecule has 0 bridgehead atoms. The zero-order chi connectivity index (χ0) is 17.9. The molecule has 0 radical (unpaired) electrons. The van der Waals surface area contributed by atoms with Gasteiger partial charge in [0, 0.05) is 12.2 Å². The van der Waals surface area contributed by atoms with E-state index in [0.717, 1.165) is 11.3 Å². The van der Waals surface area contributed by atoms with Gasteiger partial charge < -0.3 is 9.64 Å². The summed E-state index contributed by atoms with van der Waals surface area (Å²) in [5, 5.41) is 0. The van der Waals surface area contributed by atoms with Gasteiger partial charge in [-0.2, -0.15) is 0 Å². The van der Waals surface area contributed by atoms with Crippen molar-refractivity contribution in [3.63, 3.8) is 0 Å². The van der Waals surface area contributed by atoms with E-state index in [0.29, 0.717) is 18.8 Å². The van der Waals surface area contributed by atoms with Crippen molar-refractivity contribution < 1.29 is 9.53 Å². The fraction of sp³-hybridized carbons (Fsp3) is 0.238. The molecule has 2 heterocycles. The topological polar surface area (TPSA) is 47.4 Å². The first-order valence-electron chi connectivity index (χ1n) is 8.80. The Balaban J connectivity index is 1.60. The molecule has 0 N–H and O–H groups in total. The van der Waals surface area contributed by atoms with E-state index >= 15 is 0 Å². The lowest BCUT2D eigenvalue weighted by Crippen LogP contribution is -2.46. The van der Waals surface area contributed by atoms with E-state index in [-0.39, 0.29) is 18.1 Å². The van der Waals surface area contributed by atoms with Crippen LogP contribution in [0.5, 0.6) is 0 Å². The Labute approximate surface area is 152 Å². The summed E-state index contributed by atoms with van der Waals surface area (Å²) >= 11 is 0. The first-order chi connectivity index (χ1) is 12.7. The number of carbonyl (C=O) groups is 1. The van der Waals surface area contributed by atoms with E-state index in [4.69, 9.17) is 4.74 Å². The summed E-state index contributed by atoms with van der Waals surface area (Å²) < 4.78 is 7.90. The van der Waals surface area contributed by atoms with Gasteiger partial charge in [0.2, 0.25) is 0 Å². The van der Waals surface area contributed by atoms with Crippen molar-refractivity contribution in [2.75, 3.05) is 13.1 Å². The van der Waals surface area contributed by atoms with Gasteiger partial charge in [0.05, 0.1) is 25.2 Å². The Morgan fingerprint density at radius 3 is 2.46 bits per heavy atom. The Morgan fingerprint density at radius 2 is 1.73 bits per heavy atom. The lowest BCUT2D eigenvalue weighted by Gasteiger charge is -2.37. The number of hydrogen-bond acceptors (Lipinski definition) is 3. The minimum atomic E-state index is -0.114. The number of nitrogens with zero attached hydrogens (tertiary/aromatic N) is 3. The van der Waals surface area contributed by atoms with Crippen molar-refractivity contribution >= 4 is 5.91 Å². The van der Waals surface area contributed by atoms with E-state index in [1.165, 1.54) is 0 Å². The number of hydrogen-bond donors (Lipinski definition) is 0. The second kappa shape index (κ2) is 7.14. The Kier molecular flexibility index (Phi) is 4.54. The molecule has 1 aliphatic heterocycles. The van der Waals surface area contributed by atoms with Crippen molar-refractivity contribution in [1.29, 1.82) is 0 Å². The van der Waals surface area contributed by atoms with Gasteiger partial charge >= 0.3 is 0 Å². The van der Waals surface area contributed by atoms with Gasteiger partial charge in [-0.05, 0) is 24.6 Å². The summed E-state index contributed by atoms with van der Waals surface area (Å²) in [4.78, 5) is 19.2. The summed E-state index contributed by atoms with van der Waals surface area (Å²) in [6, 6.07) is 19.8. The van der Waals surface area contributed by atoms with Crippen LogP contribution in [0.4, 0.5) is 0 Å². The minimum absolute atomic E-state index is 0.0222. The SMILES string of the molecule is C[C@H]1CN(C(=O)c2cncn2-c2ccccc2)C[C@@H](c2ccccc2)O1. The van der Waals surface area contributed by atoms with Gasteiger partial charge in [0.15, 0.2) is 0 Å². The van der Waals surface area contributed by atoms with Crippen molar-refractivity contribution in [3.8, 4) is 5.69 Å². The van der Waals surface area contributed by atoms with Crippen LogP contribution in [0.2, 0.25) is 0 Å². The number of morpholine rings is 1. The molecule has 1 fully saturated rings. The second-order valence-electron chi connectivity index (χ2n) is 6.54. The third-order valence-electron chi connectivity index (χ3n) is 4.61. The molecule has 2 atom stereocenters. The van der Waals surface area contributed by atoms with Crippen molar-refractivity contribution in [3.05, 3.63) is 84.4 Å². The highest BCUT2D eigenvalue weighted by atomic mass is 16.5. The van der Waals surface area contributed by atoms with E-state index in [1.54, 1.807) is 12.5 Å². The molecule has 26 heavy (non-hydrogen) atoms. The zero-order valence-electron chi connectivity index (χ0n) is 14.7. The standard InChI is InChI=1S/C21H21N3O2/c1-16-13-23(14-20(26-16)17-8-4-2-5-9-17)21(25)19-12-22-15-24(19)18-10-6-3-7-11-18/h2-12,15-16,20H,13-14H2,1H3/t16-,20-/m0/s1. The quantitative estimate of drug-likeness (QED) is 0.729. The lowest BCUT2D eigenvalue weighted by molar-refractivity contribution is -0.0693. The molecule has 0 aliphatic carbocycles. The fourth-order valence-corrected chi connectivity index (χ4v) is 3.38. The summed E-state index contributed by atoms with van der Waals surface area (Å²) in [6.07, 6.45) is 3.18. The smallest absolute Gasteiger partial charge is 0.272 e. The number of amides is 1. The average molecular weight is 347 g/mol. The van der Waals surface area contributed by atoms with E-state index < -0.39 is 0 Å². The highest BCUT2D eigenvalue weighted by Gasteiger charge is 2.31. The molecule has 5 nitrogen and oxygen atoms in total. The number of para-hydroxylation sites is 1. The summed E-state index contributed by atoms with van der Waals surface area (Å²) in [5.41, 5.74) is 2.58. The van der Waals surface area contributed by atoms with Crippen LogP contribution in [0.3, 0.4) is 0 Å². The van der Waals surface area contributed by atoms with Crippen LogP contribution in [-0.2, 0) is 4.74 Å². The molecule has 4 rings (SSSR count). The molecule has 2 aromatic carbocycles. The lowest BCUT2D eigenvalue weighted by atomic mass is 10.1. The number of aromatic nitrogens is 2. The number of carbonyl (C=O) groups excluding carboxylic acids is 1. The van der Waals surface area contributed by atoms with Crippen LogP contribution in [0.15, 0.2) is 73.2 Å². The number of benzene rings is 2. The molecule has 0 spiro atoms. The third-order valence-corrected chi connectivity index (χ3v) is 4.61. The van der Waals surface area contributed by atoms with E-state index in [1.807, 2.05) is 77.1 Å². The molecule has 5 heteroatoms. The maximum absolute atomic E-state index is 13.2. The second-order valence-corrected chi connectivity index (χ2v) is 6.54. The summed E-state index contributed by atoms with van der Waals surface area (Å²) in [6.45, 7) is 3.11. The largest absolute Gasteiger partial charge is 0.367 e. The summed E-state index contributed by atoms with van der Waals surface area (Å²) in [7, 11) is 0. The zero-order valence-corrected chi connectivity index (χ0v) is 14.7. The van der Waals surface area contributed by atoms with Crippen LogP contribution >= 0.6 is 0 Å². The third kappa shape index (κ3) is 3.26. The van der Waals surface area contributed by atoms with Crippen molar-refractivity contribution in [1.82, 2.24) is 14.5 Å². The van der Waals surface area contributed by atoms with E-state index in [2.05, 4.69) is 4.98 Å². The normalized spacial score (nSPS) is 20.1. The Hall–Kier alpha value is -2.92. The van der Waals surface area contributed by atoms with E-state index in [9.17, 15) is 4.79 Å². The minimum Gasteiger partial charge on any atom is -0.367 e. The van der Waals surface area contributed by atoms with Crippen LogP contribution in [0.25, 0.3) is 5.69 Å². The van der Waals surface area contributed by atoms with Gasteiger partial charge in [-0.25, -0.2) is 4.98 Å². The molecular weight excluding hydrogens is 326 g/mol. The van der Waals surface area contributed by atoms with Gasteiger partial charge in [-0.1, -0.05) is 48.5 Å². The molecule has 132 valence electrons. The first-order valence-corrected chi connectivity index (χ1v) is 8.80. The molecule has 0 saturated carbocycles. The highest BCUT2D eigenvalue weighted by Crippen LogP contribution is 2.26.